The second-order valence-electron chi connectivity index (χ2n) is 2.46. The summed E-state index contributed by atoms with van der Waals surface area (Å²) in [6.07, 6.45) is 0. The Morgan fingerprint density at radius 2 is 1.40 bits per heavy atom. The van der Waals surface area contributed by atoms with Gasteiger partial charge in [-0.1, -0.05) is 12.1 Å². The number of thiol groups is 2. The molecule has 0 saturated carbocycles. The van der Waals surface area contributed by atoms with Crippen LogP contribution in [0.15, 0.2) is 34.3 Å². The minimum Gasteiger partial charge on any atom is -0.483 e. The first kappa shape index (κ1) is 11.8. The first-order valence-corrected chi connectivity index (χ1v) is 4.81. The number of hydrogen-bond donors (Lipinski definition) is 3. The summed E-state index contributed by atoms with van der Waals surface area (Å²) in [7, 11) is 0. The first-order chi connectivity index (χ1) is 7.19. The summed E-state index contributed by atoms with van der Waals surface area (Å²) in [6, 6.07) is 7.63. The Labute approximate surface area is 97.2 Å². The molecule has 1 aromatic heterocycles. The van der Waals surface area contributed by atoms with Crippen molar-refractivity contribution >= 4 is 42.8 Å². The Morgan fingerprint density at radius 3 is 1.73 bits per heavy atom. The molecule has 0 saturated heterocycles. The van der Waals surface area contributed by atoms with E-state index in [2.05, 4.69) is 35.2 Å². The molecule has 0 amide bonds. The van der Waals surface area contributed by atoms with Crippen LogP contribution >= 0.6 is 25.3 Å². The normalized spacial score (nSPS) is 9.20. The van der Waals surface area contributed by atoms with E-state index in [9.17, 15) is 0 Å². The van der Waals surface area contributed by atoms with Crippen molar-refractivity contribution in [2.75, 3.05) is 0 Å². The Hall–Kier alpha value is -1.27. The van der Waals surface area contributed by atoms with Crippen LogP contribution in [0.25, 0.3) is 11.0 Å². The fraction of sp³-hybridized carbons (Fsp3) is 0. The van der Waals surface area contributed by atoms with Gasteiger partial charge in [0.1, 0.15) is 10.1 Å². The van der Waals surface area contributed by atoms with Gasteiger partial charge in [0.15, 0.2) is 0 Å². The van der Waals surface area contributed by atoms with Crippen molar-refractivity contribution in [1.82, 2.24) is 9.97 Å². The van der Waals surface area contributed by atoms with E-state index in [1.165, 1.54) is 0 Å². The number of hydrogen-bond acceptors (Lipinski definition) is 5. The van der Waals surface area contributed by atoms with Crippen molar-refractivity contribution in [3.05, 3.63) is 24.3 Å². The van der Waals surface area contributed by atoms with Gasteiger partial charge in [0.05, 0.1) is 11.0 Å². The lowest BCUT2D eigenvalue weighted by Crippen LogP contribution is -1.86. The average Bonchev–Trinajstić information content (AvgIpc) is 2.21. The van der Waals surface area contributed by atoms with E-state index in [-0.39, 0.29) is 6.47 Å². The van der Waals surface area contributed by atoms with Crippen molar-refractivity contribution in [3.8, 4) is 0 Å². The maximum absolute atomic E-state index is 8.36. The van der Waals surface area contributed by atoms with Crippen LogP contribution in [0.2, 0.25) is 0 Å². The van der Waals surface area contributed by atoms with Crippen LogP contribution in [0.4, 0.5) is 0 Å². The Kier molecular flexibility index (Phi) is 4.38. The van der Waals surface area contributed by atoms with E-state index in [0.717, 1.165) is 11.0 Å². The van der Waals surface area contributed by atoms with Crippen LogP contribution in [-0.2, 0) is 4.79 Å². The monoisotopic (exact) mass is 240 g/mol. The van der Waals surface area contributed by atoms with Crippen LogP contribution < -0.4 is 0 Å². The average molecular weight is 240 g/mol. The summed E-state index contributed by atoms with van der Waals surface area (Å²) in [5.41, 5.74) is 1.70. The fourth-order valence-corrected chi connectivity index (χ4v) is 1.30. The molecule has 2 rings (SSSR count). The van der Waals surface area contributed by atoms with Gasteiger partial charge in [-0.15, -0.1) is 25.3 Å². The third-order valence-electron chi connectivity index (χ3n) is 1.53. The van der Waals surface area contributed by atoms with E-state index < -0.39 is 0 Å². The SMILES string of the molecule is O=CO.Sc1nc2ccccc2nc1S. The molecule has 15 heavy (non-hydrogen) atoms. The minimum absolute atomic E-state index is 0.250. The molecule has 2 aromatic rings. The number of para-hydroxylation sites is 2. The standard InChI is InChI=1S/C8H6N2S2.CH2O2/c11-7-8(12)10-6-4-2-1-3-5(6)9-7;2-1-3/h1-4H,(H,9,11)(H,10,12);1H,(H,2,3). The summed E-state index contributed by atoms with van der Waals surface area (Å²) >= 11 is 8.25. The molecule has 0 aliphatic heterocycles. The molecule has 0 unspecified atom stereocenters. The van der Waals surface area contributed by atoms with Crippen molar-refractivity contribution in [1.29, 1.82) is 0 Å². The number of rotatable bonds is 0. The molecule has 1 N–H and O–H groups in total. The lowest BCUT2D eigenvalue weighted by atomic mass is 10.3. The van der Waals surface area contributed by atoms with Gasteiger partial charge in [0, 0.05) is 0 Å². The number of aromatic nitrogens is 2. The molecule has 0 aliphatic rings. The highest BCUT2D eigenvalue weighted by atomic mass is 32.1. The van der Waals surface area contributed by atoms with E-state index >= 15 is 0 Å². The first-order valence-electron chi connectivity index (χ1n) is 3.91. The van der Waals surface area contributed by atoms with Crippen molar-refractivity contribution in [2.24, 2.45) is 0 Å². The van der Waals surface area contributed by atoms with Gasteiger partial charge in [-0.2, -0.15) is 0 Å². The molecule has 0 spiro atoms. The summed E-state index contributed by atoms with van der Waals surface area (Å²) < 4.78 is 0. The van der Waals surface area contributed by atoms with Gasteiger partial charge in [0.25, 0.3) is 6.47 Å². The van der Waals surface area contributed by atoms with Crippen LogP contribution in [0.1, 0.15) is 0 Å². The molecule has 0 radical (unpaired) electrons. The van der Waals surface area contributed by atoms with Gasteiger partial charge in [-0.3, -0.25) is 4.79 Å². The summed E-state index contributed by atoms with van der Waals surface area (Å²) in [4.78, 5) is 16.8. The van der Waals surface area contributed by atoms with E-state index in [0.29, 0.717) is 10.1 Å². The quantitative estimate of drug-likeness (QED) is 0.486. The second-order valence-corrected chi connectivity index (χ2v) is 3.31. The fourth-order valence-electron chi connectivity index (χ4n) is 0.981. The van der Waals surface area contributed by atoms with Crippen molar-refractivity contribution < 1.29 is 9.90 Å². The van der Waals surface area contributed by atoms with Crippen molar-refractivity contribution in [2.45, 2.75) is 10.1 Å². The Bertz CT molecular complexity index is 436. The number of carboxylic acid groups (broad SMARTS) is 1. The molecule has 4 nitrogen and oxygen atoms in total. The number of fused-ring (bicyclic) bond motifs is 1. The third kappa shape index (κ3) is 3.10. The summed E-state index contributed by atoms with van der Waals surface area (Å²) in [5.74, 6) is 0. The van der Waals surface area contributed by atoms with Gasteiger partial charge < -0.3 is 5.11 Å². The molecular weight excluding hydrogens is 232 g/mol. The van der Waals surface area contributed by atoms with Gasteiger partial charge in [-0.25, -0.2) is 9.97 Å². The van der Waals surface area contributed by atoms with Gasteiger partial charge >= 0.3 is 0 Å². The lowest BCUT2D eigenvalue weighted by Gasteiger charge is -1.98. The largest absolute Gasteiger partial charge is 0.483 e. The molecular formula is C9H8N2O2S2. The Balaban J connectivity index is 0.000000337. The highest BCUT2D eigenvalue weighted by Gasteiger charge is 1.99. The lowest BCUT2D eigenvalue weighted by molar-refractivity contribution is -0.122. The molecule has 0 aliphatic carbocycles. The summed E-state index contributed by atoms with van der Waals surface area (Å²) in [5, 5.41) is 8.02. The number of nitrogens with zero attached hydrogens (tertiary/aromatic N) is 2. The van der Waals surface area contributed by atoms with Crippen LogP contribution in [0.5, 0.6) is 0 Å². The highest BCUT2D eigenvalue weighted by Crippen LogP contribution is 2.17. The van der Waals surface area contributed by atoms with Crippen LogP contribution in [0.3, 0.4) is 0 Å². The predicted octanol–water partition coefficient (Wildman–Crippen LogP) is 1.91. The second kappa shape index (κ2) is 5.57. The van der Waals surface area contributed by atoms with E-state index in [1.807, 2.05) is 24.3 Å². The topological polar surface area (TPSA) is 63.1 Å². The predicted molar refractivity (Wildman–Crippen MR) is 62.7 cm³/mol. The van der Waals surface area contributed by atoms with Gasteiger partial charge in [0.2, 0.25) is 0 Å². The maximum atomic E-state index is 8.36. The molecule has 6 heteroatoms. The van der Waals surface area contributed by atoms with Gasteiger partial charge in [-0.05, 0) is 12.1 Å². The summed E-state index contributed by atoms with van der Waals surface area (Å²) in [6.45, 7) is -0.250. The number of benzene rings is 1. The van der Waals surface area contributed by atoms with Crippen LogP contribution in [-0.4, -0.2) is 21.5 Å². The molecule has 1 aromatic carbocycles. The zero-order valence-electron chi connectivity index (χ0n) is 7.53. The zero-order valence-corrected chi connectivity index (χ0v) is 9.32. The van der Waals surface area contributed by atoms with E-state index in [1.54, 1.807) is 0 Å². The molecule has 78 valence electrons. The number of carbonyl (C=O) groups is 1. The van der Waals surface area contributed by atoms with Crippen LogP contribution in [0, 0.1) is 0 Å². The molecule has 1 heterocycles. The molecule has 0 bridgehead atoms. The minimum atomic E-state index is -0.250. The molecule has 0 atom stereocenters. The van der Waals surface area contributed by atoms with E-state index in [4.69, 9.17) is 9.90 Å². The Morgan fingerprint density at radius 1 is 1.07 bits per heavy atom. The molecule has 0 fully saturated rings. The zero-order chi connectivity index (χ0) is 11.3. The van der Waals surface area contributed by atoms with Crippen molar-refractivity contribution in [3.63, 3.8) is 0 Å². The maximum Gasteiger partial charge on any atom is 0.290 e. The smallest absolute Gasteiger partial charge is 0.290 e. The third-order valence-corrected chi connectivity index (χ3v) is 2.33. The highest BCUT2D eigenvalue weighted by molar-refractivity contribution is 7.83.